The molecule has 8 atom stereocenters. The van der Waals surface area contributed by atoms with Crippen molar-refractivity contribution in [3.05, 3.63) is 23.8 Å². The zero-order valence-electron chi connectivity index (χ0n) is 27.1. The lowest BCUT2D eigenvalue weighted by Crippen LogP contribution is -2.43. The van der Waals surface area contributed by atoms with Crippen LogP contribution in [0.2, 0.25) is 0 Å². The van der Waals surface area contributed by atoms with Crippen LogP contribution in [0.3, 0.4) is 0 Å². The van der Waals surface area contributed by atoms with Gasteiger partial charge in [-0.1, -0.05) is 39.0 Å². The number of hydrogen-bond donors (Lipinski definition) is 4. The van der Waals surface area contributed by atoms with Crippen LogP contribution in [0.4, 0.5) is 0 Å². The van der Waals surface area contributed by atoms with Gasteiger partial charge in [0.25, 0.3) is 0 Å². The number of ether oxygens (including phenoxy) is 1. The average molecular weight is 435 g/mol. The Morgan fingerprint density at radius 2 is 2.07 bits per heavy atom. The lowest BCUT2D eigenvalue weighted by atomic mass is 9.66. The second-order valence-corrected chi connectivity index (χ2v) is 7.55. The van der Waals surface area contributed by atoms with Gasteiger partial charge in [-0.2, -0.15) is 0 Å². The van der Waals surface area contributed by atoms with Crippen molar-refractivity contribution in [2.75, 3.05) is 0 Å². The van der Waals surface area contributed by atoms with Crippen molar-refractivity contribution in [3.63, 3.8) is 0 Å². The van der Waals surface area contributed by atoms with Crippen LogP contribution in [0, 0.1) is 23.7 Å². The van der Waals surface area contributed by atoms with E-state index < -0.39 is 85.5 Å². The molecule has 0 aromatic rings. The predicted molar refractivity (Wildman–Crippen MR) is 111 cm³/mol. The van der Waals surface area contributed by atoms with E-state index >= 15 is 0 Å². The minimum Gasteiger partial charge on any atom is -0.481 e. The maximum absolute atomic E-state index is 12.6. The van der Waals surface area contributed by atoms with Crippen molar-refractivity contribution in [1.29, 1.82) is 0 Å². The lowest BCUT2D eigenvalue weighted by molar-refractivity contribution is -0.159. The first kappa shape index (κ1) is 13.7. The van der Waals surface area contributed by atoms with Gasteiger partial charge < -0.3 is 25.2 Å². The summed E-state index contributed by atoms with van der Waals surface area (Å²) in [5, 5.41) is 40.8. The van der Waals surface area contributed by atoms with Crippen LogP contribution in [-0.4, -0.2) is 56.7 Å². The molecule has 0 aliphatic heterocycles. The van der Waals surface area contributed by atoms with E-state index in [-0.39, 0.29) is 12.0 Å². The molecule has 7 heteroatoms. The first-order valence-corrected chi connectivity index (χ1v) is 9.81. The largest absolute Gasteiger partial charge is 0.481 e. The standard InChI is InChI=1S/C23H36O7/c1-4-13(2)23(29)30-20-11-17(25)9-15-6-5-14(3)19(22(15)20)8-7-16(24)10-18(26)12-21(27)28/h5-6,9,13-14,16-20,22,24-26H,4,7-8,10-12H2,1-3H3,(H,27,28)/t13-,14-,16+,17+,18+,19-,20-,22-/m0/s1/i7D2,8D2,10D2,12D2,16D,18D. The summed E-state index contributed by atoms with van der Waals surface area (Å²) in [5.41, 5.74) is 0.263. The van der Waals surface area contributed by atoms with Gasteiger partial charge in [0, 0.05) is 23.3 Å². The molecular formula is C23H36O7. The fourth-order valence-electron chi connectivity index (χ4n) is 3.52. The fraction of sp³-hybridized carbons (Fsp3) is 0.739. The SMILES string of the molecule is [2H]C([2H])([C@@H]1[C@@H]2C(=C[C@@H](O)C[C@@H]2OC(=O)[C@@H](C)CC)C=C[C@@H]1C)C([2H])([2H])[C@@]([2H])(O)C([2H])([2H])[C@@]([2H])(O)C([2H])([2H])C(=O)O. The third-order valence-electron chi connectivity index (χ3n) is 5.29. The number of carbonyl (C=O) groups excluding carboxylic acids is 1. The maximum atomic E-state index is 12.6. The van der Waals surface area contributed by atoms with E-state index in [1.54, 1.807) is 13.8 Å². The Hall–Kier alpha value is -1.70. The van der Waals surface area contributed by atoms with Gasteiger partial charge in [-0.3, -0.25) is 9.59 Å². The molecule has 2 aliphatic carbocycles. The maximum Gasteiger partial charge on any atom is 0.308 e. The number of aliphatic carboxylic acids is 1. The molecule has 7 nitrogen and oxygen atoms in total. The highest BCUT2D eigenvalue weighted by Crippen LogP contribution is 2.44. The molecule has 0 bridgehead atoms. The third kappa shape index (κ3) is 6.65. The first-order valence-electron chi connectivity index (χ1n) is 14.8. The lowest BCUT2D eigenvalue weighted by Gasteiger charge is -2.43. The van der Waals surface area contributed by atoms with Gasteiger partial charge in [0.05, 0.1) is 33.3 Å². The summed E-state index contributed by atoms with van der Waals surface area (Å²) in [5.74, 6) is -7.40. The summed E-state index contributed by atoms with van der Waals surface area (Å²) in [6, 6.07) is 0. The van der Waals surface area contributed by atoms with E-state index in [4.69, 9.17) is 23.6 Å². The Morgan fingerprint density at radius 1 is 1.37 bits per heavy atom. The summed E-state index contributed by atoms with van der Waals surface area (Å²) in [6.45, 7) is 4.79. The predicted octanol–water partition coefficient (Wildman–Crippen LogP) is 2.44. The van der Waals surface area contributed by atoms with Gasteiger partial charge in [0.1, 0.15) is 6.10 Å². The van der Waals surface area contributed by atoms with Crippen LogP contribution < -0.4 is 0 Å². The molecule has 0 amide bonds. The topological polar surface area (TPSA) is 124 Å². The zero-order valence-corrected chi connectivity index (χ0v) is 17.1. The number of esters is 1. The van der Waals surface area contributed by atoms with Gasteiger partial charge >= 0.3 is 11.9 Å². The second kappa shape index (κ2) is 11.1. The second-order valence-electron chi connectivity index (χ2n) is 7.55. The summed E-state index contributed by atoms with van der Waals surface area (Å²) in [4.78, 5) is 24.0. The number of carboxylic acids is 1. The molecule has 170 valence electrons. The van der Waals surface area contributed by atoms with E-state index in [1.807, 2.05) is 0 Å². The number of rotatable bonds is 10. The highest BCUT2D eigenvalue weighted by atomic mass is 16.5. The van der Waals surface area contributed by atoms with Gasteiger partial charge in [0.15, 0.2) is 0 Å². The van der Waals surface area contributed by atoms with Gasteiger partial charge in [-0.25, -0.2) is 0 Å². The van der Waals surface area contributed by atoms with E-state index in [9.17, 15) is 24.9 Å². The monoisotopic (exact) mass is 434 g/mol. The molecule has 0 fully saturated rings. The van der Waals surface area contributed by atoms with E-state index in [0.717, 1.165) is 0 Å². The summed E-state index contributed by atoms with van der Waals surface area (Å²) in [6.07, 6.45) is -22.8. The van der Waals surface area contributed by atoms with Crippen LogP contribution in [0.25, 0.3) is 0 Å². The van der Waals surface area contributed by atoms with Crippen molar-refractivity contribution in [2.24, 2.45) is 23.7 Å². The quantitative estimate of drug-likeness (QED) is 0.389. The Morgan fingerprint density at radius 3 is 2.70 bits per heavy atom. The van der Waals surface area contributed by atoms with E-state index in [2.05, 4.69) is 0 Å². The molecule has 0 saturated carbocycles. The number of aliphatic hydroxyl groups excluding tert-OH is 1. The molecule has 0 saturated heterocycles. The molecule has 0 aromatic carbocycles. The normalized spacial score (nSPS) is 40.2. The van der Waals surface area contributed by atoms with E-state index in [0.29, 0.717) is 6.42 Å². The van der Waals surface area contributed by atoms with Crippen LogP contribution >= 0.6 is 0 Å². The van der Waals surface area contributed by atoms with Crippen LogP contribution in [-0.2, 0) is 14.3 Å². The van der Waals surface area contributed by atoms with Crippen LogP contribution in [0.1, 0.15) is 72.8 Å². The Labute approximate surface area is 192 Å². The van der Waals surface area contributed by atoms with Crippen molar-refractivity contribution in [1.82, 2.24) is 0 Å². The summed E-state index contributed by atoms with van der Waals surface area (Å²) in [7, 11) is 0. The van der Waals surface area contributed by atoms with Crippen molar-refractivity contribution in [3.8, 4) is 0 Å². The zero-order chi connectivity index (χ0) is 31.4. The molecular weight excluding hydrogens is 388 g/mol. The molecule has 4 N–H and O–H groups in total. The van der Waals surface area contributed by atoms with Crippen molar-refractivity contribution >= 4 is 11.9 Å². The average Bonchev–Trinajstić information content (AvgIpc) is 2.82. The molecule has 0 heterocycles. The molecule has 2 aliphatic rings. The Balaban J connectivity index is 2.69. The number of carboxylic acid groups (broad SMARTS) is 1. The third-order valence-corrected chi connectivity index (χ3v) is 5.29. The van der Waals surface area contributed by atoms with Gasteiger partial charge in [0.2, 0.25) is 0 Å². The molecule has 0 spiro atoms. The Kier molecular flexibility index (Phi) is 5.04. The number of fused-ring (bicyclic) bond motifs is 1. The summed E-state index contributed by atoms with van der Waals surface area (Å²) < 4.78 is 87.3. The van der Waals surface area contributed by atoms with Gasteiger partial charge in [-0.15, -0.1) is 0 Å². The molecule has 0 aromatic heterocycles. The first-order chi connectivity index (χ1) is 17.8. The Bertz CT molecular complexity index is 1060. The minimum atomic E-state index is -4.47. The number of allylic oxidation sites excluding steroid dienone is 2. The summed E-state index contributed by atoms with van der Waals surface area (Å²) >= 11 is 0. The van der Waals surface area contributed by atoms with Crippen LogP contribution in [0.15, 0.2) is 23.8 Å². The minimum absolute atomic E-state index is 0.191. The molecule has 0 radical (unpaired) electrons. The van der Waals surface area contributed by atoms with Crippen molar-refractivity contribution in [2.45, 2.75) is 83.5 Å². The number of carbonyl (C=O) groups is 2. The molecule has 30 heavy (non-hydrogen) atoms. The molecule has 0 unspecified atom stereocenters. The number of hydrogen-bond acceptors (Lipinski definition) is 6. The number of aliphatic hydroxyl groups is 3. The highest BCUT2D eigenvalue weighted by Gasteiger charge is 2.42. The van der Waals surface area contributed by atoms with Gasteiger partial charge in [-0.05, 0) is 42.9 Å². The van der Waals surface area contributed by atoms with Crippen molar-refractivity contribution < 1.29 is 48.5 Å². The fourth-order valence-corrected chi connectivity index (χ4v) is 3.52. The van der Waals surface area contributed by atoms with Crippen LogP contribution in [0.5, 0.6) is 0 Å². The van der Waals surface area contributed by atoms with E-state index in [1.165, 1.54) is 25.2 Å². The molecule has 2 rings (SSSR count). The highest BCUT2D eigenvalue weighted by molar-refractivity contribution is 5.72. The smallest absolute Gasteiger partial charge is 0.308 e.